The molecule has 0 amide bonds. The first kappa shape index (κ1) is 19.3. The van der Waals surface area contributed by atoms with E-state index in [1.165, 1.54) is 4.68 Å². The molecular formula is C15H25N3O2S. The van der Waals surface area contributed by atoms with Gasteiger partial charge < -0.3 is 10.5 Å². The molecule has 6 heteroatoms. The molecule has 0 radical (unpaired) electrons. The predicted molar refractivity (Wildman–Crippen MR) is 92.0 cm³/mol. The van der Waals surface area contributed by atoms with Gasteiger partial charge in [-0.15, -0.1) is 5.10 Å². The van der Waals surface area contributed by atoms with Crippen molar-refractivity contribution in [3.05, 3.63) is 24.3 Å². The van der Waals surface area contributed by atoms with Crippen molar-refractivity contribution in [1.82, 2.24) is 9.78 Å². The number of rotatable bonds is 0. The summed E-state index contributed by atoms with van der Waals surface area (Å²) in [5.74, 6) is 0.325. The number of anilines is 1. The van der Waals surface area contributed by atoms with E-state index < -0.39 is 11.7 Å². The molecule has 2 aromatic rings. The fraction of sp³-hybridized carbons (Fsp3) is 0.467. The second-order valence-corrected chi connectivity index (χ2v) is 4.79. The van der Waals surface area contributed by atoms with Crippen molar-refractivity contribution in [2.45, 2.75) is 40.2 Å². The lowest BCUT2D eigenvalue weighted by atomic mass is 10.2. The number of carbonyl (C=O) groups is 1. The third-order valence-corrected chi connectivity index (χ3v) is 2.18. The molecule has 2 N–H and O–H groups in total. The SMILES string of the molecule is CC.CC(C)(C)OC(=O)n1nc(N)c2ccccc21.CS. The van der Waals surface area contributed by atoms with Crippen molar-refractivity contribution in [2.24, 2.45) is 0 Å². The number of nitrogens with zero attached hydrogens (tertiary/aromatic N) is 2. The van der Waals surface area contributed by atoms with E-state index in [0.29, 0.717) is 11.3 Å². The number of fused-ring (bicyclic) bond motifs is 1. The van der Waals surface area contributed by atoms with E-state index >= 15 is 0 Å². The van der Waals surface area contributed by atoms with Crippen molar-refractivity contribution < 1.29 is 9.53 Å². The number of para-hydroxylation sites is 1. The number of benzene rings is 1. The largest absolute Gasteiger partial charge is 0.442 e. The first-order chi connectivity index (χ1) is 9.88. The van der Waals surface area contributed by atoms with Gasteiger partial charge in [-0.3, -0.25) is 0 Å². The monoisotopic (exact) mass is 311 g/mol. The number of ether oxygens (including phenoxy) is 1. The van der Waals surface area contributed by atoms with E-state index in [0.717, 1.165) is 5.39 Å². The van der Waals surface area contributed by atoms with Crippen LogP contribution in [0.5, 0.6) is 0 Å². The zero-order chi connectivity index (χ0) is 16.6. The minimum absolute atomic E-state index is 0.325. The number of hydrogen-bond acceptors (Lipinski definition) is 5. The number of carbonyl (C=O) groups excluding carboxylic acids is 1. The molecule has 0 saturated heterocycles. The molecule has 1 heterocycles. The Bertz CT molecular complexity index is 574. The van der Waals surface area contributed by atoms with Gasteiger partial charge in [0.2, 0.25) is 0 Å². The molecule has 118 valence electrons. The van der Waals surface area contributed by atoms with Crippen LogP contribution in [0.1, 0.15) is 34.6 Å². The molecular weight excluding hydrogens is 286 g/mol. The second-order valence-electron chi connectivity index (χ2n) is 4.79. The van der Waals surface area contributed by atoms with Gasteiger partial charge in [-0.1, -0.05) is 26.0 Å². The summed E-state index contributed by atoms with van der Waals surface area (Å²) in [7, 11) is 0. The van der Waals surface area contributed by atoms with E-state index in [1.807, 2.05) is 32.0 Å². The Labute approximate surface area is 131 Å². The van der Waals surface area contributed by atoms with E-state index in [2.05, 4.69) is 17.7 Å². The summed E-state index contributed by atoms with van der Waals surface area (Å²) in [5, 5.41) is 4.74. The van der Waals surface area contributed by atoms with Crippen molar-refractivity contribution in [2.75, 3.05) is 12.0 Å². The quantitative estimate of drug-likeness (QED) is 0.722. The number of thiol groups is 1. The zero-order valence-electron chi connectivity index (χ0n) is 13.5. The Hall–Kier alpha value is -1.69. The summed E-state index contributed by atoms with van der Waals surface area (Å²) in [6.07, 6.45) is 1.17. The van der Waals surface area contributed by atoms with Crippen LogP contribution in [0.2, 0.25) is 0 Å². The Morgan fingerprint density at radius 1 is 1.24 bits per heavy atom. The highest BCUT2D eigenvalue weighted by Gasteiger charge is 2.21. The molecule has 0 bridgehead atoms. The number of aromatic nitrogens is 2. The summed E-state index contributed by atoms with van der Waals surface area (Å²) < 4.78 is 6.44. The molecule has 0 aliphatic rings. The molecule has 0 unspecified atom stereocenters. The van der Waals surface area contributed by atoms with Crippen molar-refractivity contribution in [3.8, 4) is 0 Å². The lowest BCUT2D eigenvalue weighted by molar-refractivity contribution is 0.0523. The maximum Gasteiger partial charge on any atom is 0.435 e. The molecule has 1 aromatic carbocycles. The van der Waals surface area contributed by atoms with Crippen LogP contribution in [0.3, 0.4) is 0 Å². The Morgan fingerprint density at radius 3 is 2.29 bits per heavy atom. The Morgan fingerprint density at radius 2 is 1.76 bits per heavy atom. The lowest BCUT2D eigenvalue weighted by Gasteiger charge is -2.19. The second kappa shape index (κ2) is 8.56. The summed E-state index contributed by atoms with van der Waals surface area (Å²) >= 11 is 3.53. The zero-order valence-corrected chi connectivity index (χ0v) is 14.4. The van der Waals surface area contributed by atoms with Gasteiger partial charge in [0, 0.05) is 5.39 Å². The molecule has 0 saturated carbocycles. The molecule has 0 atom stereocenters. The van der Waals surface area contributed by atoms with Crippen LogP contribution in [0.15, 0.2) is 24.3 Å². The normalized spacial score (nSPS) is 10.0. The maximum atomic E-state index is 11.9. The lowest BCUT2D eigenvalue weighted by Crippen LogP contribution is -2.27. The van der Waals surface area contributed by atoms with Crippen LogP contribution < -0.4 is 5.73 Å². The number of hydrogen-bond donors (Lipinski definition) is 2. The van der Waals surface area contributed by atoms with Gasteiger partial charge in [-0.05, 0) is 39.2 Å². The summed E-state index contributed by atoms with van der Waals surface area (Å²) in [6, 6.07) is 7.27. The van der Waals surface area contributed by atoms with Gasteiger partial charge in [-0.2, -0.15) is 17.3 Å². The minimum Gasteiger partial charge on any atom is -0.442 e. The number of nitrogens with two attached hydrogens (primary N) is 1. The van der Waals surface area contributed by atoms with Crippen molar-refractivity contribution >= 4 is 35.4 Å². The highest BCUT2D eigenvalue weighted by molar-refractivity contribution is 7.79. The molecule has 0 aliphatic heterocycles. The molecule has 1 aromatic heterocycles. The third-order valence-electron chi connectivity index (χ3n) is 2.18. The fourth-order valence-corrected chi connectivity index (χ4v) is 1.53. The summed E-state index contributed by atoms with van der Waals surface area (Å²) in [6.45, 7) is 9.42. The molecule has 0 fully saturated rings. The van der Waals surface area contributed by atoms with Gasteiger partial charge in [0.1, 0.15) is 5.60 Å². The van der Waals surface area contributed by atoms with Crippen LogP contribution >= 0.6 is 12.6 Å². The third kappa shape index (κ3) is 5.30. The van der Waals surface area contributed by atoms with Gasteiger partial charge in [0.05, 0.1) is 5.52 Å². The van der Waals surface area contributed by atoms with E-state index in [4.69, 9.17) is 10.5 Å². The van der Waals surface area contributed by atoms with Crippen LogP contribution in [0, 0.1) is 0 Å². The Kier molecular flexibility index (Phi) is 7.88. The Balaban J connectivity index is 0.000000921. The number of nitrogen functional groups attached to an aromatic ring is 1. The van der Waals surface area contributed by atoms with E-state index in [9.17, 15) is 4.79 Å². The first-order valence-corrected chi connectivity index (χ1v) is 7.69. The molecule has 0 spiro atoms. The molecule has 0 aliphatic carbocycles. The van der Waals surface area contributed by atoms with Crippen LogP contribution in [-0.4, -0.2) is 27.7 Å². The minimum atomic E-state index is -0.557. The van der Waals surface area contributed by atoms with Crippen LogP contribution in [0.4, 0.5) is 10.6 Å². The van der Waals surface area contributed by atoms with E-state index in [1.54, 1.807) is 33.1 Å². The molecule has 2 rings (SSSR count). The molecule has 21 heavy (non-hydrogen) atoms. The van der Waals surface area contributed by atoms with Crippen molar-refractivity contribution in [1.29, 1.82) is 0 Å². The highest BCUT2D eigenvalue weighted by atomic mass is 32.1. The van der Waals surface area contributed by atoms with Crippen LogP contribution in [-0.2, 0) is 4.74 Å². The molecule has 5 nitrogen and oxygen atoms in total. The maximum absolute atomic E-state index is 11.9. The van der Waals surface area contributed by atoms with E-state index in [-0.39, 0.29) is 0 Å². The summed E-state index contributed by atoms with van der Waals surface area (Å²) in [4.78, 5) is 11.9. The van der Waals surface area contributed by atoms with Gasteiger partial charge in [0.15, 0.2) is 5.82 Å². The van der Waals surface area contributed by atoms with Gasteiger partial charge in [-0.25, -0.2) is 4.79 Å². The fourth-order valence-electron chi connectivity index (χ4n) is 1.53. The highest BCUT2D eigenvalue weighted by Crippen LogP contribution is 2.21. The average molecular weight is 311 g/mol. The standard InChI is InChI=1S/C12H15N3O2.C2H6.CH4S/c1-12(2,3)17-11(16)15-9-7-5-4-6-8(9)10(13)14-15;2*1-2/h4-7H,1-3H3,(H2,13,14);1-2H3;2H,1H3. The smallest absolute Gasteiger partial charge is 0.435 e. The average Bonchev–Trinajstić information content (AvgIpc) is 2.80. The first-order valence-electron chi connectivity index (χ1n) is 6.80. The van der Waals surface area contributed by atoms with Gasteiger partial charge >= 0.3 is 6.09 Å². The van der Waals surface area contributed by atoms with Crippen LogP contribution in [0.25, 0.3) is 10.9 Å². The summed E-state index contributed by atoms with van der Waals surface area (Å²) in [5.41, 5.74) is 5.83. The van der Waals surface area contributed by atoms with Crippen molar-refractivity contribution in [3.63, 3.8) is 0 Å². The topological polar surface area (TPSA) is 70.1 Å². The predicted octanol–water partition coefficient (Wildman–Crippen LogP) is 3.97. The van der Waals surface area contributed by atoms with Gasteiger partial charge in [0.25, 0.3) is 0 Å².